The van der Waals surface area contributed by atoms with Gasteiger partial charge in [0.05, 0.1) is 5.71 Å². The number of rotatable bonds is 7. The summed E-state index contributed by atoms with van der Waals surface area (Å²) in [5.41, 5.74) is -0.789. The van der Waals surface area contributed by atoms with Gasteiger partial charge in [0, 0.05) is 32.6 Å². The highest BCUT2D eigenvalue weighted by Crippen LogP contribution is 2.38. The number of nitrogens with one attached hydrogen (secondary N) is 1. The third-order valence-electron chi connectivity index (χ3n) is 6.27. The lowest BCUT2D eigenvalue weighted by atomic mass is 9.73. The quantitative estimate of drug-likeness (QED) is 0.579. The van der Waals surface area contributed by atoms with E-state index in [2.05, 4.69) is 15.4 Å². The van der Waals surface area contributed by atoms with Gasteiger partial charge in [-0.3, -0.25) is 9.59 Å². The molecule has 196 valence electrons. The number of piperidine rings is 1. The van der Waals surface area contributed by atoms with Crippen molar-refractivity contribution in [2.75, 3.05) is 26.7 Å². The Morgan fingerprint density at radius 1 is 1.19 bits per heavy atom. The van der Waals surface area contributed by atoms with E-state index in [1.165, 1.54) is 23.0 Å². The van der Waals surface area contributed by atoms with Gasteiger partial charge in [-0.15, -0.1) is 0 Å². The van der Waals surface area contributed by atoms with E-state index in [9.17, 15) is 32.7 Å². The third kappa shape index (κ3) is 5.49. The molecule has 4 rings (SSSR count). The minimum Gasteiger partial charge on any atom is -0.475 e. The molecule has 3 heterocycles. The van der Waals surface area contributed by atoms with Crippen LogP contribution in [0.25, 0.3) is 0 Å². The molecule has 2 atom stereocenters. The van der Waals surface area contributed by atoms with Gasteiger partial charge in [-0.05, 0) is 18.1 Å². The minimum absolute atomic E-state index is 0.0393. The fraction of sp³-hybridized carbons (Fsp3) is 0.375. The van der Waals surface area contributed by atoms with E-state index in [0.717, 1.165) is 17.7 Å². The van der Waals surface area contributed by atoms with Crippen molar-refractivity contribution in [3.05, 3.63) is 59.8 Å². The monoisotopic (exact) mass is 519 g/mol. The Bertz CT molecular complexity index is 1220. The number of hydrogen-bond donors (Lipinski definition) is 2. The van der Waals surface area contributed by atoms with E-state index in [-0.39, 0.29) is 19.0 Å². The SMILES string of the molecule is CN1N=C2CCN(C(=O)[C@@H](COc3cccc(C(F)(F)F)n3)NC(=O)O)C[C@@]2(Cc2ccccc2)C1=O. The van der Waals surface area contributed by atoms with Crippen molar-refractivity contribution in [3.63, 3.8) is 0 Å². The maximum atomic E-state index is 13.4. The van der Waals surface area contributed by atoms with Gasteiger partial charge in [0.25, 0.3) is 5.91 Å². The second-order valence-corrected chi connectivity index (χ2v) is 8.80. The van der Waals surface area contributed by atoms with Crippen molar-refractivity contribution in [1.82, 2.24) is 20.2 Å². The average Bonchev–Trinajstić information content (AvgIpc) is 3.10. The molecule has 13 heteroatoms. The molecule has 2 aromatic rings. The molecule has 3 amide bonds. The molecule has 0 radical (unpaired) electrons. The minimum atomic E-state index is -4.70. The van der Waals surface area contributed by atoms with Crippen molar-refractivity contribution in [3.8, 4) is 5.88 Å². The van der Waals surface area contributed by atoms with Gasteiger partial charge in [0.1, 0.15) is 23.8 Å². The van der Waals surface area contributed by atoms with Crippen LogP contribution in [0.1, 0.15) is 17.7 Å². The van der Waals surface area contributed by atoms with Gasteiger partial charge >= 0.3 is 12.3 Å². The van der Waals surface area contributed by atoms with Crippen LogP contribution in [0.5, 0.6) is 5.88 Å². The summed E-state index contributed by atoms with van der Waals surface area (Å²) < 4.78 is 44.2. The standard InChI is InChI=1S/C24H24F3N5O5/c1-31-21(34)23(12-15-6-3-2-4-7-15)14-32(11-10-17(23)30-31)20(33)16(28-22(35)36)13-37-19-9-5-8-18(29-19)24(25,26)27/h2-9,16,28H,10-14H2,1H3,(H,35,36)/t16-,23-/m1/s1. The summed E-state index contributed by atoms with van der Waals surface area (Å²) >= 11 is 0. The highest BCUT2D eigenvalue weighted by Gasteiger charge is 2.54. The summed E-state index contributed by atoms with van der Waals surface area (Å²) in [7, 11) is 1.54. The Labute approximate surface area is 209 Å². The van der Waals surface area contributed by atoms with Gasteiger partial charge in [-0.1, -0.05) is 36.4 Å². The number of aromatic nitrogens is 1. The Balaban J connectivity index is 1.54. The molecule has 0 aliphatic carbocycles. The highest BCUT2D eigenvalue weighted by atomic mass is 19.4. The summed E-state index contributed by atoms with van der Waals surface area (Å²) in [5, 5.41) is 17.0. The number of hydrogen-bond acceptors (Lipinski definition) is 6. The first-order chi connectivity index (χ1) is 17.5. The van der Waals surface area contributed by atoms with E-state index < -0.39 is 47.8 Å². The highest BCUT2D eigenvalue weighted by molar-refractivity contribution is 6.13. The zero-order valence-corrected chi connectivity index (χ0v) is 19.7. The van der Waals surface area contributed by atoms with Gasteiger partial charge in [-0.25, -0.2) is 14.8 Å². The number of likely N-dealkylation sites (tertiary alicyclic amines) is 1. The summed E-state index contributed by atoms with van der Waals surface area (Å²) in [6.07, 6.45) is -5.63. The second kappa shape index (κ2) is 10.1. The molecule has 1 fully saturated rings. The number of nitrogens with zero attached hydrogens (tertiary/aromatic N) is 4. The zero-order valence-electron chi connectivity index (χ0n) is 19.7. The molecular weight excluding hydrogens is 495 g/mol. The molecule has 1 saturated heterocycles. The number of alkyl halides is 3. The van der Waals surface area contributed by atoms with Crippen molar-refractivity contribution >= 4 is 23.6 Å². The summed E-state index contributed by atoms with van der Waals surface area (Å²) in [6.45, 7) is -0.465. The molecule has 0 bridgehead atoms. The molecule has 1 aromatic carbocycles. The second-order valence-electron chi connectivity index (χ2n) is 8.80. The van der Waals surface area contributed by atoms with Gasteiger partial charge < -0.3 is 20.1 Å². The first-order valence-electron chi connectivity index (χ1n) is 11.3. The molecule has 0 unspecified atom stereocenters. The number of hydrazone groups is 1. The fourth-order valence-corrected chi connectivity index (χ4v) is 4.58. The van der Waals surface area contributed by atoms with Crippen LogP contribution >= 0.6 is 0 Å². The van der Waals surface area contributed by atoms with Crippen LogP contribution in [0.2, 0.25) is 0 Å². The van der Waals surface area contributed by atoms with Crippen molar-refractivity contribution in [2.45, 2.75) is 25.1 Å². The lowest BCUT2D eigenvalue weighted by molar-refractivity contribution is -0.142. The Hall–Kier alpha value is -4.16. The maximum absolute atomic E-state index is 13.4. The number of carbonyl (C=O) groups is 3. The summed E-state index contributed by atoms with van der Waals surface area (Å²) in [5.74, 6) is -1.37. The predicted molar refractivity (Wildman–Crippen MR) is 124 cm³/mol. The molecule has 2 N–H and O–H groups in total. The number of benzene rings is 1. The fourth-order valence-electron chi connectivity index (χ4n) is 4.58. The van der Waals surface area contributed by atoms with Crippen LogP contribution in [-0.2, 0) is 22.2 Å². The van der Waals surface area contributed by atoms with Crippen molar-refractivity contribution in [1.29, 1.82) is 0 Å². The molecule has 2 aliphatic heterocycles. The molecule has 10 nitrogen and oxygen atoms in total. The van der Waals surface area contributed by atoms with Crippen LogP contribution < -0.4 is 10.1 Å². The van der Waals surface area contributed by atoms with E-state index in [1.54, 1.807) is 0 Å². The van der Waals surface area contributed by atoms with Crippen LogP contribution in [0.4, 0.5) is 18.0 Å². The van der Waals surface area contributed by atoms with Gasteiger partial charge in [0.2, 0.25) is 11.8 Å². The van der Waals surface area contributed by atoms with Gasteiger partial charge in [0.15, 0.2) is 0 Å². The van der Waals surface area contributed by atoms with E-state index in [0.29, 0.717) is 18.6 Å². The molecule has 2 aliphatic rings. The van der Waals surface area contributed by atoms with Gasteiger partial charge in [-0.2, -0.15) is 18.3 Å². The van der Waals surface area contributed by atoms with E-state index in [4.69, 9.17) is 4.74 Å². The molecule has 0 spiro atoms. The van der Waals surface area contributed by atoms with E-state index >= 15 is 0 Å². The molecule has 37 heavy (non-hydrogen) atoms. The van der Waals surface area contributed by atoms with Crippen molar-refractivity contribution in [2.24, 2.45) is 10.5 Å². The molecule has 1 aromatic heterocycles. The number of fused-ring (bicyclic) bond motifs is 1. The Kier molecular flexibility index (Phi) is 7.05. The smallest absolute Gasteiger partial charge is 0.433 e. The number of carboxylic acid groups (broad SMARTS) is 1. The topological polar surface area (TPSA) is 124 Å². The number of ether oxygens (including phenoxy) is 1. The Morgan fingerprint density at radius 3 is 2.59 bits per heavy atom. The van der Waals surface area contributed by atoms with Crippen LogP contribution in [-0.4, -0.2) is 76.4 Å². The predicted octanol–water partition coefficient (Wildman–Crippen LogP) is 2.40. The lowest BCUT2D eigenvalue weighted by Crippen LogP contribution is -2.59. The number of halogens is 3. The van der Waals surface area contributed by atoms with Crippen LogP contribution in [0.3, 0.4) is 0 Å². The van der Waals surface area contributed by atoms with E-state index in [1.807, 2.05) is 30.3 Å². The zero-order chi connectivity index (χ0) is 26.8. The van der Waals surface area contributed by atoms with Crippen LogP contribution in [0, 0.1) is 5.41 Å². The average molecular weight is 519 g/mol. The summed E-state index contributed by atoms with van der Waals surface area (Å²) in [4.78, 5) is 42.8. The third-order valence-corrected chi connectivity index (χ3v) is 6.27. The normalized spacial score (nSPS) is 20.2. The molecular formula is C24H24F3N5O5. The van der Waals surface area contributed by atoms with Crippen molar-refractivity contribution < 1.29 is 37.4 Å². The van der Waals surface area contributed by atoms with Crippen LogP contribution in [0.15, 0.2) is 53.6 Å². The number of carbonyl (C=O) groups excluding carboxylic acids is 2. The number of amides is 3. The number of pyridine rings is 1. The Morgan fingerprint density at radius 2 is 1.92 bits per heavy atom. The largest absolute Gasteiger partial charge is 0.475 e. The lowest BCUT2D eigenvalue weighted by Gasteiger charge is -2.40. The first kappa shape index (κ1) is 25.9. The first-order valence-corrected chi connectivity index (χ1v) is 11.3. The summed E-state index contributed by atoms with van der Waals surface area (Å²) in [6, 6.07) is 10.8. The molecule has 0 saturated carbocycles. The maximum Gasteiger partial charge on any atom is 0.433 e.